The van der Waals surface area contributed by atoms with E-state index in [0.717, 1.165) is 0 Å². The molecule has 0 aliphatic heterocycles. The van der Waals surface area contributed by atoms with Gasteiger partial charge in [-0.05, 0) is 34.6 Å². The van der Waals surface area contributed by atoms with E-state index in [1.165, 1.54) is 0 Å². The van der Waals surface area contributed by atoms with Crippen LogP contribution in [0.4, 0.5) is 4.79 Å². The van der Waals surface area contributed by atoms with Gasteiger partial charge in [0.1, 0.15) is 11.6 Å². The number of rotatable bonds is 3. The number of nitrogens with one attached hydrogen (secondary N) is 1. The largest absolute Gasteiger partial charge is 0.480 e. The van der Waals surface area contributed by atoms with Gasteiger partial charge in [-0.1, -0.05) is 0 Å². The van der Waals surface area contributed by atoms with Gasteiger partial charge in [-0.25, -0.2) is 9.59 Å². The Morgan fingerprint density at radius 3 is 2.25 bits per heavy atom. The summed E-state index contributed by atoms with van der Waals surface area (Å²) >= 11 is 4.11. The molecule has 0 bridgehead atoms. The van der Waals surface area contributed by atoms with Gasteiger partial charge in [-0.2, -0.15) is 12.6 Å². The van der Waals surface area contributed by atoms with Crippen molar-refractivity contribution in [2.45, 2.75) is 51.0 Å². The highest BCUT2D eigenvalue weighted by molar-refractivity contribution is 7.81. The third kappa shape index (κ3) is 5.85. The first-order valence-corrected chi connectivity index (χ1v) is 5.18. The Morgan fingerprint density at radius 2 is 1.94 bits per heavy atom. The molecule has 0 aromatic carbocycles. The summed E-state index contributed by atoms with van der Waals surface area (Å²) in [6.45, 7) is 6.18. The Kier molecular flexibility index (Phi) is 4.07. The fraction of sp³-hybridized carbons (Fsp3) is 0.800. The molecule has 2 N–H and O–H groups in total. The van der Waals surface area contributed by atoms with Crippen molar-refractivity contribution in [3.63, 3.8) is 0 Å². The predicted molar refractivity (Wildman–Crippen MR) is 63.9 cm³/mol. The van der Waals surface area contributed by atoms with Crippen LogP contribution in [-0.2, 0) is 9.53 Å². The van der Waals surface area contributed by atoms with E-state index in [0.29, 0.717) is 0 Å². The molecule has 0 fully saturated rings. The van der Waals surface area contributed by atoms with Crippen LogP contribution in [0, 0.1) is 0 Å². The summed E-state index contributed by atoms with van der Waals surface area (Å²) in [5.74, 6) is -1.19. The zero-order chi connectivity index (χ0) is 13.9. The number of hydrogen-bond donors (Lipinski definition) is 3. The van der Waals surface area contributed by atoms with Crippen LogP contribution in [0.1, 0.15) is 36.0 Å². The molecule has 1 atom stereocenters. The third-order valence-corrected chi connectivity index (χ3v) is 1.84. The van der Waals surface area contributed by atoms with Crippen molar-refractivity contribution in [2.75, 3.05) is 0 Å². The van der Waals surface area contributed by atoms with Crippen molar-refractivity contribution in [2.24, 2.45) is 0 Å². The molecule has 0 aliphatic carbocycles. The monoisotopic (exact) mass is 250 g/mol. The SMILES string of the molecule is [2H]CC(C)(C)OC(=O)N[C@H](C(=O)O)C(C)(C)S. The lowest BCUT2D eigenvalue weighted by Gasteiger charge is -2.28. The molecule has 0 rings (SSSR count). The lowest BCUT2D eigenvalue weighted by atomic mass is 10.0. The average Bonchev–Trinajstić information content (AvgIpc) is 2.11. The zero-order valence-corrected chi connectivity index (χ0v) is 10.8. The molecule has 0 aliphatic rings. The van der Waals surface area contributed by atoms with Crippen LogP contribution in [0.3, 0.4) is 0 Å². The van der Waals surface area contributed by atoms with Crippen LogP contribution in [0.15, 0.2) is 0 Å². The van der Waals surface area contributed by atoms with E-state index >= 15 is 0 Å². The molecule has 0 heterocycles. The van der Waals surface area contributed by atoms with Gasteiger partial charge >= 0.3 is 12.1 Å². The maximum Gasteiger partial charge on any atom is 0.408 e. The van der Waals surface area contributed by atoms with E-state index in [1.807, 2.05) is 0 Å². The molecular weight excluding hydrogens is 230 g/mol. The van der Waals surface area contributed by atoms with Crippen molar-refractivity contribution in [1.82, 2.24) is 5.32 Å². The summed E-state index contributed by atoms with van der Waals surface area (Å²) in [7, 11) is 0. The molecule has 0 aromatic heterocycles. The molecule has 0 unspecified atom stereocenters. The van der Waals surface area contributed by atoms with Gasteiger partial charge in [-0.3, -0.25) is 0 Å². The molecule has 0 saturated carbocycles. The van der Waals surface area contributed by atoms with Crippen molar-refractivity contribution < 1.29 is 20.8 Å². The van der Waals surface area contributed by atoms with Gasteiger partial charge in [0.25, 0.3) is 0 Å². The quantitative estimate of drug-likeness (QED) is 0.666. The summed E-state index contributed by atoms with van der Waals surface area (Å²) in [5, 5.41) is 11.2. The maximum atomic E-state index is 11.5. The van der Waals surface area contributed by atoms with Crippen LogP contribution in [0.5, 0.6) is 0 Å². The number of hydrogen-bond acceptors (Lipinski definition) is 4. The number of carboxylic acid groups (broad SMARTS) is 1. The molecule has 16 heavy (non-hydrogen) atoms. The molecular formula is C10H19NO4S. The van der Waals surface area contributed by atoms with E-state index in [2.05, 4.69) is 17.9 Å². The molecule has 5 nitrogen and oxygen atoms in total. The minimum Gasteiger partial charge on any atom is -0.480 e. The number of carboxylic acids is 1. The summed E-state index contributed by atoms with van der Waals surface area (Å²) < 4.78 is 11.2. The second kappa shape index (κ2) is 4.95. The fourth-order valence-electron chi connectivity index (χ4n) is 0.939. The molecule has 6 heteroatoms. The lowest BCUT2D eigenvalue weighted by molar-refractivity contribution is -0.140. The fourth-order valence-corrected chi connectivity index (χ4v) is 1.11. The molecule has 0 spiro atoms. The first-order valence-electron chi connectivity index (χ1n) is 5.44. The van der Waals surface area contributed by atoms with Crippen molar-refractivity contribution in [3.05, 3.63) is 0 Å². The normalized spacial score (nSPS) is 14.9. The van der Waals surface area contributed by atoms with Crippen LogP contribution in [-0.4, -0.2) is 33.6 Å². The molecule has 0 radical (unpaired) electrons. The number of ether oxygens (including phenoxy) is 1. The van der Waals surface area contributed by atoms with Crippen molar-refractivity contribution in [3.8, 4) is 0 Å². The van der Waals surface area contributed by atoms with Gasteiger partial charge in [0.15, 0.2) is 0 Å². The second-order valence-corrected chi connectivity index (χ2v) is 5.87. The highest BCUT2D eigenvalue weighted by Crippen LogP contribution is 2.18. The van der Waals surface area contributed by atoms with E-state index in [4.69, 9.17) is 11.2 Å². The first kappa shape index (κ1) is 13.2. The van der Waals surface area contributed by atoms with Gasteiger partial charge < -0.3 is 15.2 Å². The van der Waals surface area contributed by atoms with E-state index in [1.54, 1.807) is 27.7 Å². The van der Waals surface area contributed by atoms with Crippen LogP contribution in [0.2, 0.25) is 0 Å². The molecule has 0 aromatic rings. The summed E-state index contributed by atoms with van der Waals surface area (Å²) in [5.41, 5.74) is -0.951. The maximum absolute atomic E-state index is 11.5. The Balaban J connectivity index is 4.60. The minimum absolute atomic E-state index is 0.109. The predicted octanol–water partition coefficient (Wildman–Crippen LogP) is 1.67. The van der Waals surface area contributed by atoms with Crippen molar-refractivity contribution >= 4 is 24.7 Å². The number of alkyl carbamates (subject to hydrolysis) is 1. The van der Waals surface area contributed by atoms with E-state index < -0.39 is 28.5 Å². The Morgan fingerprint density at radius 1 is 1.44 bits per heavy atom. The molecule has 94 valence electrons. The number of aliphatic carboxylic acids is 1. The zero-order valence-electron chi connectivity index (χ0n) is 10.9. The van der Waals surface area contributed by atoms with Crippen molar-refractivity contribution in [1.29, 1.82) is 0 Å². The highest BCUT2D eigenvalue weighted by atomic mass is 32.1. The number of carbonyl (C=O) groups is 2. The minimum atomic E-state index is -1.19. The lowest BCUT2D eigenvalue weighted by Crippen LogP contribution is -2.52. The first-order chi connectivity index (χ1) is 7.49. The Hall–Kier alpha value is -0.910. The second-order valence-electron chi connectivity index (χ2n) is 4.72. The van der Waals surface area contributed by atoms with Crippen LogP contribution >= 0.6 is 12.6 Å². The summed E-state index contributed by atoms with van der Waals surface area (Å²) in [6, 6.07) is -1.17. The van der Waals surface area contributed by atoms with Gasteiger partial charge in [0.2, 0.25) is 0 Å². The smallest absolute Gasteiger partial charge is 0.408 e. The standard InChI is InChI=1S/C10H19NO4S/c1-9(2,3)15-8(14)11-6(7(12)13)10(4,5)16/h6,16H,1-5H3,(H,11,14)(H,12,13)/t6-/m1/s1/i1D. The molecule has 1 amide bonds. The van der Waals surface area contributed by atoms with Crippen LogP contribution < -0.4 is 5.32 Å². The van der Waals surface area contributed by atoms with Gasteiger partial charge in [-0.15, -0.1) is 0 Å². The topological polar surface area (TPSA) is 75.6 Å². The number of carbonyl (C=O) groups excluding carboxylic acids is 1. The number of thiol groups is 1. The van der Waals surface area contributed by atoms with Gasteiger partial charge in [0, 0.05) is 6.12 Å². The Labute approximate surface area is 102 Å². The summed E-state index contributed by atoms with van der Waals surface area (Å²) in [4.78, 5) is 22.4. The molecule has 0 saturated heterocycles. The van der Waals surface area contributed by atoms with Crippen LogP contribution in [0.25, 0.3) is 0 Å². The van der Waals surface area contributed by atoms with Gasteiger partial charge in [0.05, 0.1) is 0 Å². The van der Waals surface area contributed by atoms with E-state index in [-0.39, 0.29) is 6.90 Å². The average molecular weight is 250 g/mol. The van der Waals surface area contributed by atoms with E-state index in [9.17, 15) is 9.59 Å². The summed E-state index contributed by atoms with van der Waals surface area (Å²) in [6.07, 6.45) is -0.864. The highest BCUT2D eigenvalue weighted by Gasteiger charge is 2.34. The Bertz CT molecular complexity index is 301. The third-order valence-electron chi connectivity index (χ3n) is 1.58. The number of amides is 1.